The molecule has 1 aromatic rings. The summed E-state index contributed by atoms with van der Waals surface area (Å²) in [5.74, 6) is 3.27. The SMILES string of the molecule is C#CCN(CC1CC1)C(=O)c1cc(Br)ccc1C. The third-order valence-electron chi connectivity index (χ3n) is 3.17. The molecular formula is C15H16BrNO. The number of halogens is 1. The first-order valence-electron chi connectivity index (χ1n) is 6.10. The van der Waals surface area contributed by atoms with Crippen LogP contribution in [0, 0.1) is 25.2 Å². The van der Waals surface area contributed by atoms with Crippen molar-refractivity contribution in [2.75, 3.05) is 13.1 Å². The largest absolute Gasteiger partial charge is 0.327 e. The van der Waals surface area contributed by atoms with Crippen molar-refractivity contribution in [1.29, 1.82) is 0 Å². The predicted molar refractivity (Wildman–Crippen MR) is 76.3 cm³/mol. The number of amides is 1. The Kier molecular flexibility index (Phi) is 4.08. The number of rotatable bonds is 4. The summed E-state index contributed by atoms with van der Waals surface area (Å²) in [7, 11) is 0. The number of carbonyl (C=O) groups is 1. The first-order valence-corrected chi connectivity index (χ1v) is 6.90. The molecule has 0 heterocycles. The molecule has 0 spiro atoms. The van der Waals surface area contributed by atoms with Gasteiger partial charge in [0.25, 0.3) is 5.91 Å². The molecule has 2 rings (SSSR count). The van der Waals surface area contributed by atoms with Gasteiger partial charge in [-0.25, -0.2) is 0 Å². The van der Waals surface area contributed by atoms with Crippen LogP contribution in [0.4, 0.5) is 0 Å². The number of hydrogen-bond donors (Lipinski definition) is 0. The van der Waals surface area contributed by atoms with Crippen LogP contribution in [0.25, 0.3) is 0 Å². The molecule has 1 aromatic carbocycles. The lowest BCUT2D eigenvalue weighted by Gasteiger charge is -2.21. The van der Waals surface area contributed by atoms with E-state index in [-0.39, 0.29) is 5.91 Å². The number of hydrogen-bond acceptors (Lipinski definition) is 1. The Morgan fingerprint density at radius 1 is 1.56 bits per heavy atom. The summed E-state index contributed by atoms with van der Waals surface area (Å²) in [6.45, 7) is 3.13. The summed E-state index contributed by atoms with van der Waals surface area (Å²) < 4.78 is 0.920. The lowest BCUT2D eigenvalue weighted by Crippen LogP contribution is -2.33. The molecule has 1 saturated carbocycles. The van der Waals surface area contributed by atoms with E-state index in [1.807, 2.05) is 25.1 Å². The molecule has 0 bridgehead atoms. The van der Waals surface area contributed by atoms with E-state index in [0.717, 1.165) is 22.1 Å². The molecule has 94 valence electrons. The normalized spacial score (nSPS) is 14.1. The maximum Gasteiger partial charge on any atom is 0.254 e. The molecule has 0 aromatic heterocycles. The van der Waals surface area contributed by atoms with Gasteiger partial charge in [-0.15, -0.1) is 6.42 Å². The summed E-state index contributed by atoms with van der Waals surface area (Å²) in [6.07, 6.45) is 7.78. The summed E-state index contributed by atoms with van der Waals surface area (Å²) in [6, 6.07) is 5.76. The van der Waals surface area contributed by atoms with Crippen LogP contribution in [0.1, 0.15) is 28.8 Å². The van der Waals surface area contributed by atoms with Gasteiger partial charge in [0.2, 0.25) is 0 Å². The number of aryl methyl sites for hydroxylation is 1. The zero-order valence-electron chi connectivity index (χ0n) is 10.4. The molecule has 0 N–H and O–H groups in total. The van der Waals surface area contributed by atoms with E-state index in [1.165, 1.54) is 12.8 Å². The summed E-state index contributed by atoms with van der Waals surface area (Å²) >= 11 is 3.40. The first-order chi connectivity index (χ1) is 8.61. The van der Waals surface area contributed by atoms with E-state index in [2.05, 4.69) is 21.9 Å². The van der Waals surface area contributed by atoms with Crippen molar-refractivity contribution < 1.29 is 4.79 Å². The number of benzene rings is 1. The van der Waals surface area contributed by atoms with Crippen LogP contribution in [0.2, 0.25) is 0 Å². The third kappa shape index (κ3) is 3.14. The Morgan fingerprint density at radius 3 is 2.89 bits per heavy atom. The van der Waals surface area contributed by atoms with Gasteiger partial charge in [0, 0.05) is 16.6 Å². The minimum atomic E-state index is 0.0404. The van der Waals surface area contributed by atoms with Gasteiger partial charge in [0.1, 0.15) is 0 Å². The molecular weight excluding hydrogens is 290 g/mol. The van der Waals surface area contributed by atoms with Gasteiger partial charge in [0.15, 0.2) is 0 Å². The van der Waals surface area contributed by atoms with Crippen LogP contribution in [-0.4, -0.2) is 23.9 Å². The Bertz CT molecular complexity index is 500. The highest BCUT2D eigenvalue weighted by Gasteiger charge is 2.27. The van der Waals surface area contributed by atoms with Gasteiger partial charge in [-0.2, -0.15) is 0 Å². The second kappa shape index (κ2) is 5.58. The van der Waals surface area contributed by atoms with Crippen LogP contribution in [0.3, 0.4) is 0 Å². The van der Waals surface area contributed by atoms with Crippen LogP contribution >= 0.6 is 15.9 Å². The molecule has 1 fully saturated rings. The Hall–Kier alpha value is -1.27. The highest BCUT2D eigenvalue weighted by Crippen LogP contribution is 2.30. The fraction of sp³-hybridized carbons (Fsp3) is 0.400. The van der Waals surface area contributed by atoms with Crippen LogP contribution in [0.15, 0.2) is 22.7 Å². The quantitative estimate of drug-likeness (QED) is 0.782. The van der Waals surface area contributed by atoms with Gasteiger partial charge < -0.3 is 4.90 Å². The molecule has 0 atom stereocenters. The van der Waals surface area contributed by atoms with Gasteiger partial charge in [0.05, 0.1) is 6.54 Å². The van der Waals surface area contributed by atoms with Crippen molar-refractivity contribution in [3.63, 3.8) is 0 Å². The topological polar surface area (TPSA) is 20.3 Å². The Balaban J connectivity index is 2.20. The molecule has 3 heteroatoms. The molecule has 1 amide bonds. The summed E-state index contributed by atoms with van der Waals surface area (Å²) in [4.78, 5) is 14.3. The van der Waals surface area contributed by atoms with Crippen LogP contribution in [-0.2, 0) is 0 Å². The van der Waals surface area contributed by atoms with E-state index in [9.17, 15) is 4.79 Å². The van der Waals surface area contributed by atoms with Crippen molar-refractivity contribution in [3.8, 4) is 12.3 Å². The molecule has 1 aliphatic carbocycles. The van der Waals surface area contributed by atoms with Crippen molar-refractivity contribution in [2.45, 2.75) is 19.8 Å². The lowest BCUT2D eigenvalue weighted by molar-refractivity contribution is 0.0769. The zero-order chi connectivity index (χ0) is 13.1. The third-order valence-corrected chi connectivity index (χ3v) is 3.67. The van der Waals surface area contributed by atoms with Crippen molar-refractivity contribution in [3.05, 3.63) is 33.8 Å². The van der Waals surface area contributed by atoms with Crippen LogP contribution in [0.5, 0.6) is 0 Å². The van der Waals surface area contributed by atoms with E-state index >= 15 is 0 Å². The summed E-state index contributed by atoms with van der Waals surface area (Å²) in [5.41, 5.74) is 1.72. The fourth-order valence-corrected chi connectivity index (χ4v) is 2.30. The monoisotopic (exact) mass is 305 g/mol. The zero-order valence-corrected chi connectivity index (χ0v) is 12.0. The Labute approximate surface area is 116 Å². The number of carbonyl (C=O) groups excluding carboxylic acids is 1. The van der Waals surface area contributed by atoms with Crippen LogP contribution < -0.4 is 0 Å². The second-order valence-electron chi connectivity index (χ2n) is 4.79. The maximum absolute atomic E-state index is 12.5. The smallest absolute Gasteiger partial charge is 0.254 e. The van der Waals surface area contributed by atoms with E-state index in [0.29, 0.717) is 12.5 Å². The van der Waals surface area contributed by atoms with Crippen molar-refractivity contribution >= 4 is 21.8 Å². The molecule has 18 heavy (non-hydrogen) atoms. The number of terminal acetylenes is 1. The summed E-state index contributed by atoms with van der Waals surface area (Å²) in [5, 5.41) is 0. The standard InChI is InChI=1S/C15H16BrNO/c1-3-8-17(10-12-5-6-12)15(18)14-9-13(16)7-4-11(14)2/h1,4,7,9,12H,5-6,8,10H2,2H3. The minimum absolute atomic E-state index is 0.0404. The molecule has 0 radical (unpaired) electrons. The second-order valence-corrected chi connectivity index (χ2v) is 5.71. The highest BCUT2D eigenvalue weighted by molar-refractivity contribution is 9.10. The maximum atomic E-state index is 12.5. The lowest BCUT2D eigenvalue weighted by atomic mass is 10.1. The minimum Gasteiger partial charge on any atom is -0.327 e. The van der Waals surface area contributed by atoms with Gasteiger partial charge in [-0.05, 0) is 43.4 Å². The molecule has 0 saturated heterocycles. The molecule has 2 nitrogen and oxygen atoms in total. The highest BCUT2D eigenvalue weighted by atomic mass is 79.9. The number of nitrogens with zero attached hydrogens (tertiary/aromatic N) is 1. The van der Waals surface area contributed by atoms with E-state index < -0.39 is 0 Å². The van der Waals surface area contributed by atoms with E-state index in [1.54, 1.807) is 4.90 Å². The van der Waals surface area contributed by atoms with Crippen molar-refractivity contribution in [2.24, 2.45) is 5.92 Å². The molecule has 0 unspecified atom stereocenters. The molecule has 1 aliphatic rings. The van der Waals surface area contributed by atoms with Gasteiger partial charge >= 0.3 is 0 Å². The fourth-order valence-electron chi connectivity index (χ4n) is 1.94. The van der Waals surface area contributed by atoms with Gasteiger partial charge in [-0.1, -0.05) is 27.9 Å². The Morgan fingerprint density at radius 2 is 2.28 bits per heavy atom. The predicted octanol–water partition coefficient (Wildman–Crippen LogP) is 3.24. The van der Waals surface area contributed by atoms with E-state index in [4.69, 9.17) is 6.42 Å². The average molecular weight is 306 g/mol. The average Bonchev–Trinajstić information content (AvgIpc) is 3.15. The van der Waals surface area contributed by atoms with Crippen molar-refractivity contribution in [1.82, 2.24) is 4.90 Å². The van der Waals surface area contributed by atoms with Gasteiger partial charge in [-0.3, -0.25) is 4.79 Å². The molecule has 0 aliphatic heterocycles. The first kappa shape index (κ1) is 13.2.